The van der Waals surface area contributed by atoms with Crippen LogP contribution >= 0.6 is 0 Å². The van der Waals surface area contributed by atoms with Crippen LogP contribution in [0.5, 0.6) is 5.75 Å². The fourth-order valence-electron chi connectivity index (χ4n) is 4.75. The molecular weight excluding hydrogens is 524 g/mol. The Balaban J connectivity index is 1.56. The second-order valence-corrected chi connectivity index (χ2v) is 10.4. The molecule has 0 saturated heterocycles. The summed E-state index contributed by atoms with van der Waals surface area (Å²) in [5.41, 5.74) is 10.4. The van der Waals surface area contributed by atoms with Gasteiger partial charge in [-0.15, -0.1) is 0 Å². The molecule has 4 N–H and O–H groups in total. The van der Waals surface area contributed by atoms with E-state index < -0.39 is 11.5 Å². The Labute approximate surface area is 238 Å². The first-order valence-electron chi connectivity index (χ1n) is 13.3. The van der Waals surface area contributed by atoms with Crippen molar-refractivity contribution in [2.75, 3.05) is 35.8 Å². The van der Waals surface area contributed by atoms with Crippen LogP contribution in [0.15, 0.2) is 60.7 Å². The van der Waals surface area contributed by atoms with Crippen molar-refractivity contribution in [1.29, 1.82) is 0 Å². The molecule has 2 amide bonds. The molecule has 3 aromatic rings. The molecule has 0 radical (unpaired) electrons. The number of carbonyl (C=O) groups excluding carboxylic acids is 3. The van der Waals surface area contributed by atoms with Gasteiger partial charge in [0.1, 0.15) is 0 Å². The molecule has 212 valence electrons. The number of ether oxygens (including phenoxy) is 1. The number of fused-ring (bicyclic) bond motifs is 2. The van der Waals surface area contributed by atoms with Gasteiger partial charge in [-0.05, 0) is 63.2 Å². The Morgan fingerprint density at radius 1 is 1.07 bits per heavy atom. The molecule has 2 aliphatic heterocycles. The zero-order valence-corrected chi connectivity index (χ0v) is 23.4. The number of carbonyl (C=O) groups is 3. The van der Waals surface area contributed by atoms with Crippen LogP contribution in [0.1, 0.15) is 47.8 Å². The summed E-state index contributed by atoms with van der Waals surface area (Å²) in [6.45, 7) is 5.77. The lowest BCUT2D eigenvalue weighted by molar-refractivity contribution is -0.215. The first kappa shape index (κ1) is 27.9. The summed E-state index contributed by atoms with van der Waals surface area (Å²) in [6, 6.07) is 17.9. The first-order valence-corrected chi connectivity index (χ1v) is 13.3. The fraction of sp³-hybridized carbons (Fsp3) is 0.258. The molecule has 0 atom stereocenters. The molecular formula is C31H32N4O6. The minimum Gasteiger partial charge on any atom is -0.462 e. The fourth-order valence-corrected chi connectivity index (χ4v) is 4.75. The molecule has 0 saturated carbocycles. The second kappa shape index (κ2) is 11.1. The minimum atomic E-state index is -1.02. The number of nitrogens with one attached hydrogen (secondary N) is 2. The van der Waals surface area contributed by atoms with Gasteiger partial charge >= 0.3 is 5.97 Å². The largest absolute Gasteiger partial charge is 0.462 e. The van der Waals surface area contributed by atoms with E-state index in [9.17, 15) is 14.4 Å². The van der Waals surface area contributed by atoms with Gasteiger partial charge in [0.05, 0.1) is 41.3 Å². The van der Waals surface area contributed by atoms with E-state index in [2.05, 4.69) is 10.6 Å². The number of benzene rings is 3. The van der Waals surface area contributed by atoms with Crippen molar-refractivity contribution in [3.8, 4) is 5.75 Å². The number of rotatable bonds is 7. The van der Waals surface area contributed by atoms with Gasteiger partial charge in [-0.1, -0.05) is 18.2 Å². The van der Waals surface area contributed by atoms with Crippen LogP contribution in [-0.2, 0) is 25.6 Å². The van der Waals surface area contributed by atoms with Crippen molar-refractivity contribution in [3.63, 3.8) is 0 Å². The summed E-state index contributed by atoms with van der Waals surface area (Å²) in [6.07, 6.45) is 0.711. The lowest BCUT2D eigenvalue weighted by atomic mass is 9.97. The normalized spacial score (nSPS) is 15.2. The highest BCUT2D eigenvalue weighted by Gasteiger charge is 2.30. The number of nitrogens with zero attached hydrogens (tertiary/aromatic N) is 1. The van der Waals surface area contributed by atoms with E-state index in [4.69, 9.17) is 20.2 Å². The Hall–Kier alpha value is -4.67. The lowest BCUT2D eigenvalue weighted by Gasteiger charge is -2.26. The predicted octanol–water partition coefficient (Wildman–Crippen LogP) is 4.36. The van der Waals surface area contributed by atoms with Crippen molar-refractivity contribution in [3.05, 3.63) is 82.9 Å². The Kier molecular flexibility index (Phi) is 7.53. The van der Waals surface area contributed by atoms with E-state index in [0.29, 0.717) is 63.8 Å². The van der Waals surface area contributed by atoms with Crippen LogP contribution in [-0.4, -0.2) is 43.6 Å². The van der Waals surface area contributed by atoms with Crippen molar-refractivity contribution < 1.29 is 28.9 Å². The molecule has 2 aliphatic rings. The molecule has 0 fully saturated rings. The van der Waals surface area contributed by atoms with Gasteiger partial charge in [0, 0.05) is 41.5 Å². The minimum absolute atomic E-state index is 0.223. The molecule has 0 aromatic heterocycles. The van der Waals surface area contributed by atoms with Crippen LogP contribution in [0, 0.1) is 0 Å². The van der Waals surface area contributed by atoms with Gasteiger partial charge in [0.2, 0.25) is 5.91 Å². The Morgan fingerprint density at radius 3 is 2.51 bits per heavy atom. The van der Waals surface area contributed by atoms with Gasteiger partial charge in [-0.2, -0.15) is 4.89 Å². The summed E-state index contributed by atoms with van der Waals surface area (Å²) < 4.78 is 5.12. The molecule has 0 unspecified atom stereocenters. The van der Waals surface area contributed by atoms with E-state index >= 15 is 0 Å². The summed E-state index contributed by atoms with van der Waals surface area (Å²) >= 11 is 0. The summed E-state index contributed by atoms with van der Waals surface area (Å²) in [4.78, 5) is 50.5. The number of nitrogens with two attached hydrogens (primary N) is 1. The van der Waals surface area contributed by atoms with Crippen LogP contribution in [0.2, 0.25) is 0 Å². The zero-order chi connectivity index (χ0) is 29.3. The zero-order valence-electron chi connectivity index (χ0n) is 23.4. The maximum atomic E-state index is 13.4. The number of esters is 1. The quantitative estimate of drug-likeness (QED) is 0.222. The highest BCUT2D eigenvalue weighted by Crippen LogP contribution is 2.39. The SMILES string of the molecule is CCOC(=O)c1ccc2c(c1)NC(=O)/C2=C(\Nc1ccc(N(C)C(=O)C(C)(C)N)cc1)c1ccc2c(c1)OOCC2. The van der Waals surface area contributed by atoms with E-state index in [1.165, 1.54) is 4.90 Å². The van der Waals surface area contributed by atoms with E-state index in [0.717, 1.165) is 5.56 Å². The Morgan fingerprint density at radius 2 is 1.80 bits per heavy atom. The van der Waals surface area contributed by atoms with Crippen molar-refractivity contribution >= 4 is 46.1 Å². The molecule has 10 heteroatoms. The number of anilines is 3. The summed E-state index contributed by atoms with van der Waals surface area (Å²) in [5.74, 6) is -0.442. The van der Waals surface area contributed by atoms with Crippen LogP contribution < -0.4 is 26.2 Å². The number of likely N-dealkylation sites (N-methyl/N-ethyl adjacent to an activating group) is 1. The highest BCUT2D eigenvalue weighted by molar-refractivity contribution is 6.37. The van der Waals surface area contributed by atoms with Crippen LogP contribution in [0.3, 0.4) is 0 Å². The predicted molar refractivity (Wildman–Crippen MR) is 156 cm³/mol. The standard InChI is InChI=1S/C31H32N4O6/c1-5-39-29(37)20-8-13-23-24(16-20)34-28(36)26(23)27(19-7-6-18-14-15-40-41-25(18)17-19)33-21-9-11-22(12-10-21)35(4)30(38)31(2,3)32/h6-13,16-17,33H,5,14-15,32H2,1-4H3,(H,34,36)/b27-26-. The van der Waals surface area contributed by atoms with E-state index in [-0.39, 0.29) is 18.4 Å². The third-order valence-electron chi connectivity index (χ3n) is 6.86. The number of amides is 2. The monoisotopic (exact) mass is 556 g/mol. The summed E-state index contributed by atoms with van der Waals surface area (Å²) in [7, 11) is 1.67. The van der Waals surface area contributed by atoms with E-state index in [1.807, 2.05) is 30.3 Å². The van der Waals surface area contributed by atoms with E-state index in [1.54, 1.807) is 58.2 Å². The molecule has 0 aliphatic carbocycles. The van der Waals surface area contributed by atoms with Crippen molar-refractivity contribution in [2.45, 2.75) is 32.7 Å². The molecule has 41 heavy (non-hydrogen) atoms. The number of hydrogen-bond acceptors (Lipinski definition) is 8. The first-order chi connectivity index (χ1) is 19.6. The summed E-state index contributed by atoms with van der Waals surface area (Å²) in [5, 5.41) is 6.28. The maximum absolute atomic E-state index is 13.4. The lowest BCUT2D eigenvalue weighted by Crippen LogP contribution is -2.49. The smallest absolute Gasteiger partial charge is 0.338 e. The molecule has 2 heterocycles. The van der Waals surface area contributed by atoms with Crippen LogP contribution in [0.4, 0.5) is 17.1 Å². The maximum Gasteiger partial charge on any atom is 0.338 e. The molecule has 5 rings (SSSR count). The van der Waals surface area contributed by atoms with Crippen molar-refractivity contribution in [1.82, 2.24) is 0 Å². The van der Waals surface area contributed by atoms with Gasteiger partial charge in [-0.25, -0.2) is 4.79 Å². The van der Waals surface area contributed by atoms with Gasteiger partial charge in [0.15, 0.2) is 5.75 Å². The second-order valence-electron chi connectivity index (χ2n) is 10.4. The topological polar surface area (TPSA) is 132 Å². The average molecular weight is 557 g/mol. The van der Waals surface area contributed by atoms with Gasteiger partial charge < -0.3 is 30.9 Å². The van der Waals surface area contributed by atoms with Crippen molar-refractivity contribution in [2.24, 2.45) is 5.73 Å². The van der Waals surface area contributed by atoms with Gasteiger partial charge in [-0.3, -0.25) is 9.59 Å². The third kappa shape index (κ3) is 5.65. The molecule has 0 spiro atoms. The number of hydrogen-bond donors (Lipinski definition) is 3. The molecule has 3 aromatic carbocycles. The van der Waals surface area contributed by atoms with Gasteiger partial charge in [0.25, 0.3) is 5.91 Å². The molecule has 0 bridgehead atoms. The Bertz CT molecular complexity index is 1560. The van der Waals surface area contributed by atoms with Crippen LogP contribution in [0.25, 0.3) is 11.3 Å². The molecule has 10 nitrogen and oxygen atoms in total. The average Bonchev–Trinajstić information content (AvgIpc) is 3.29. The highest BCUT2D eigenvalue weighted by atomic mass is 17.2. The third-order valence-corrected chi connectivity index (χ3v) is 6.86.